The van der Waals surface area contributed by atoms with E-state index >= 15 is 0 Å². The van der Waals surface area contributed by atoms with Crippen molar-refractivity contribution in [3.05, 3.63) is 52.9 Å². The molecule has 1 amide bonds. The van der Waals surface area contributed by atoms with Crippen LogP contribution in [0.4, 0.5) is 5.13 Å². The highest BCUT2D eigenvalue weighted by atomic mass is 32.2. The fraction of sp³-hybridized carbons (Fsp3) is 0.238. The Balaban J connectivity index is 1.64. The molecule has 0 aliphatic carbocycles. The first kappa shape index (κ1) is 20.2. The molecule has 0 unspecified atom stereocenters. The van der Waals surface area contributed by atoms with E-state index in [9.17, 15) is 4.79 Å². The van der Waals surface area contributed by atoms with Crippen LogP contribution in [0.25, 0.3) is 11.3 Å². The first-order chi connectivity index (χ1) is 13.5. The number of thiazole rings is 1. The summed E-state index contributed by atoms with van der Waals surface area (Å²) in [6.07, 6.45) is 0. The van der Waals surface area contributed by atoms with E-state index in [0.29, 0.717) is 22.4 Å². The number of carbonyl (C=O) groups is 1. The van der Waals surface area contributed by atoms with Gasteiger partial charge in [0.05, 0.1) is 25.7 Å². The molecule has 0 aliphatic heterocycles. The van der Waals surface area contributed by atoms with Crippen LogP contribution in [0.2, 0.25) is 0 Å². The quantitative estimate of drug-likeness (QED) is 0.540. The Morgan fingerprint density at radius 1 is 1.11 bits per heavy atom. The molecule has 0 fully saturated rings. The maximum Gasteiger partial charge on any atom is 0.236 e. The lowest BCUT2D eigenvalue weighted by Crippen LogP contribution is -2.13. The van der Waals surface area contributed by atoms with Gasteiger partial charge in [0.15, 0.2) is 5.13 Å². The van der Waals surface area contributed by atoms with E-state index in [-0.39, 0.29) is 5.91 Å². The van der Waals surface area contributed by atoms with Crippen molar-refractivity contribution in [3.63, 3.8) is 0 Å². The molecule has 28 heavy (non-hydrogen) atoms. The fourth-order valence-electron chi connectivity index (χ4n) is 2.57. The lowest BCUT2D eigenvalue weighted by molar-refractivity contribution is -0.113. The lowest BCUT2D eigenvalue weighted by atomic mass is 10.1. The largest absolute Gasteiger partial charge is 0.497 e. The summed E-state index contributed by atoms with van der Waals surface area (Å²) in [5.41, 5.74) is 4.08. The molecule has 0 bridgehead atoms. The smallest absolute Gasteiger partial charge is 0.236 e. The molecule has 5 nitrogen and oxygen atoms in total. The van der Waals surface area contributed by atoms with Gasteiger partial charge in [-0.05, 0) is 49.2 Å². The number of benzene rings is 2. The Hall–Kier alpha value is -2.51. The number of nitrogens with zero attached hydrogens (tertiary/aromatic N) is 1. The number of thioether (sulfide) groups is 1. The van der Waals surface area contributed by atoms with Crippen LogP contribution >= 0.6 is 23.1 Å². The van der Waals surface area contributed by atoms with Gasteiger partial charge in [-0.2, -0.15) is 0 Å². The fourth-order valence-corrected chi connectivity index (χ4v) is 4.09. The van der Waals surface area contributed by atoms with Crippen molar-refractivity contribution in [2.24, 2.45) is 0 Å². The van der Waals surface area contributed by atoms with Crippen LogP contribution in [0.3, 0.4) is 0 Å². The summed E-state index contributed by atoms with van der Waals surface area (Å²) in [6.45, 7) is 4.15. The van der Waals surface area contributed by atoms with Gasteiger partial charge in [0.25, 0.3) is 0 Å². The van der Waals surface area contributed by atoms with Gasteiger partial charge in [0, 0.05) is 21.9 Å². The molecule has 0 saturated carbocycles. The SMILES string of the molecule is COc1ccc(-c2csc(NC(=O)CSc3ccc(C)c(C)c3)n2)c(OC)c1. The third-order valence-corrected chi connectivity index (χ3v) is 6.03. The second-order valence-corrected chi connectivity index (χ2v) is 8.09. The van der Waals surface area contributed by atoms with Gasteiger partial charge in [-0.3, -0.25) is 4.79 Å². The Morgan fingerprint density at radius 3 is 2.64 bits per heavy atom. The summed E-state index contributed by atoms with van der Waals surface area (Å²) in [5, 5.41) is 5.34. The van der Waals surface area contributed by atoms with Crippen LogP contribution in [0.1, 0.15) is 11.1 Å². The minimum absolute atomic E-state index is 0.0779. The molecular weight excluding hydrogens is 392 g/mol. The highest BCUT2D eigenvalue weighted by molar-refractivity contribution is 8.00. The van der Waals surface area contributed by atoms with E-state index in [0.717, 1.165) is 16.2 Å². The lowest BCUT2D eigenvalue weighted by Gasteiger charge is -2.08. The maximum absolute atomic E-state index is 12.3. The Bertz CT molecular complexity index is 986. The number of anilines is 1. The van der Waals surface area contributed by atoms with Crippen molar-refractivity contribution in [2.75, 3.05) is 25.3 Å². The molecule has 0 spiro atoms. The molecule has 0 aliphatic rings. The molecule has 1 heterocycles. The summed E-state index contributed by atoms with van der Waals surface area (Å²) in [4.78, 5) is 17.9. The number of methoxy groups -OCH3 is 2. The van der Waals surface area contributed by atoms with E-state index in [2.05, 4.69) is 36.3 Å². The van der Waals surface area contributed by atoms with E-state index in [1.165, 1.54) is 34.2 Å². The third kappa shape index (κ3) is 4.85. The van der Waals surface area contributed by atoms with Crippen LogP contribution in [0.5, 0.6) is 11.5 Å². The van der Waals surface area contributed by atoms with Crippen molar-refractivity contribution < 1.29 is 14.3 Å². The van der Waals surface area contributed by atoms with Crippen LogP contribution in [-0.4, -0.2) is 30.9 Å². The second kappa shape index (κ2) is 9.12. The first-order valence-corrected chi connectivity index (χ1v) is 10.5. The molecule has 0 atom stereocenters. The molecule has 146 valence electrons. The van der Waals surface area contributed by atoms with Crippen molar-refractivity contribution in [1.82, 2.24) is 4.98 Å². The molecule has 1 N–H and O–H groups in total. The first-order valence-electron chi connectivity index (χ1n) is 8.68. The van der Waals surface area contributed by atoms with Gasteiger partial charge in [-0.15, -0.1) is 23.1 Å². The zero-order valence-electron chi connectivity index (χ0n) is 16.2. The summed E-state index contributed by atoms with van der Waals surface area (Å²) < 4.78 is 10.7. The Morgan fingerprint density at radius 2 is 1.93 bits per heavy atom. The highest BCUT2D eigenvalue weighted by Gasteiger charge is 2.13. The maximum atomic E-state index is 12.3. The number of carbonyl (C=O) groups excluding carboxylic acids is 1. The van der Waals surface area contributed by atoms with Crippen LogP contribution in [-0.2, 0) is 4.79 Å². The summed E-state index contributed by atoms with van der Waals surface area (Å²) in [7, 11) is 3.22. The number of rotatable bonds is 7. The molecule has 1 aromatic heterocycles. The number of aryl methyl sites for hydroxylation is 2. The summed E-state index contributed by atoms with van der Waals surface area (Å²) in [5.74, 6) is 1.65. The van der Waals surface area contributed by atoms with Crippen molar-refractivity contribution in [3.8, 4) is 22.8 Å². The van der Waals surface area contributed by atoms with Gasteiger partial charge < -0.3 is 14.8 Å². The molecular formula is C21H22N2O3S2. The number of hydrogen-bond donors (Lipinski definition) is 1. The number of amides is 1. The van der Waals surface area contributed by atoms with E-state index in [4.69, 9.17) is 9.47 Å². The average molecular weight is 415 g/mol. The van der Waals surface area contributed by atoms with Crippen molar-refractivity contribution in [2.45, 2.75) is 18.7 Å². The number of nitrogens with one attached hydrogen (secondary N) is 1. The normalized spacial score (nSPS) is 10.6. The summed E-state index contributed by atoms with van der Waals surface area (Å²) in [6, 6.07) is 11.8. The van der Waals surface area contributed by atoms with Gasteiger partial charge in [-0.25, -0.2) is 4.98 Å². The predicted octanol–water partition coefficient (Wildman–Crippen LogP) is 5.17. The number of aromatic nitrogens is 1. The molecule has 3 aromatic rings. The van der Waals surface area contributed by atoms with Gasteiger partial charge in [0.2, 0.25) is 5.91 Å². The predicted molar refractivity (Wildman–Crippen MR) is 116 cm³/mol. The highest BCUT2D eigenvalue weighted by Crippen LogP contribution is 2.35. The second-order valence-electron chi connectivity index (χ2n) is 6.19. The van der Waals surface area contributed by atoms with Gasteiger partial charge >= 0.3 is 0 Å². The Labute approximate surface area is 173 Å². The molecule has 0 radical (unpaired) electrons. The van der Waals surface area contributed by atoms with E-state index in [1.807, 2.05) is 29.6 Å². The monoisotopic (exact) mass is 414 g/mol. The minimum atomic E-state index is -0.0779. The standard InChI is InChI=1S/C21H22N2O3S2/c1-13-5-7-16(9-14(13)2)27-12-20(24)23-21-22-18(11-28-21)17-8-6-15(25-3)10-19(17)26-4/h5-11H,12H2,1-4H3,(H,22,23,24). The topological polar surface area (TPSA) is 60.5 Å². The number of hydrogen-bond acceptors (Lipinski definition) is 6. The van der Waals surface area contributed by atoms with Crippen molar-refractivity contribution in [1.29, 1.82) is 0 Å². The molecule has 7 heteroatoms. The zero-order valence-corrected chi connectivity index (χ0v) is 17.9. The molecule has 3 rings (SSSR count). The number of ether oxygens (including phenoxy) is 2. The van der Waals surface area contributed by atoms with Crippen LogP contribution in [0, 0.1) is 13.8 Å². The average Bonchev–Trinajstić information content (AvgIpc) is 3.16. The zero-order chi connectivity index (χ0) is 20.1. The van der Waals surface area contributed by atoms with Gasteiger partial charge in [0.1, 0.15) is 11.5 Å². The van der Waals surface area contributed by atoms with E-state index in [1.54, 1.807) is 14.2 Å². The summed E-state index contributed by atoms with van der Waals surface area (Å²) >= 11 is 2.90. The van der Waals surface area contributed by atoms with Crippen LogP contribution in [0.15, 0.2) is 46.7 Å². The van der Waals surface area contributed by atoms with E-state index < -0.39 is 0 Å². The molecule has 2 aromatic carbocycles. The Kier molecular flexibility index (Phi) is 6.59. The van der Waals surface area contributed by atoms with Gasteiger partial charge in [-0.1, -0.05) is 6.07 Å². The van der Waals surface area contributed by atoms with Crippen LogP contribution < -0.4 is 14.8 Å². The third-order valence-electron chi connectivity index (χ3n) is 4.28. The van der Waals surface area contributed by atoms with Crippen molar-refractivity contribution >= 4 is 34.1 Å². The molecule has 0 saturated heterocycles. The minimum Gasteiger partial charge on any atom is -0.497 e.